The topological polar surface area (TPSA) is 232 Å². The first-order valence-corrected chi connectivity index (χ1v) is 21.9. The molecule has 0 aromatic heterocycles. The number of aldehydes is 1. The summed E-state index contributed by atoms with van der Waals surface area (Å²) in [7, 11) is 3.32. The van der Waals surface area contributed by atoms with Crippen molar-refractivity contribution in [3.8, 4) is 11.5 Å². The first-order valence-electron chi connectivity index (χ1n) is 19.0. The van der Waals surface area contributed by atoms with Crippen LogP contribution in [0.2, 0.25) is 0 Å². The Labute approximate surface area is 365 Å². The number of nitrogens with one attached hydrogen (secondary N) is 2. The molecule has 3 N–H and O–H groups in total. The monoisotopic (exact) mass is 930 g/mol. The van der Waals surface area contributed by atoms with E-state index in [0.717, 1.165) is 21.3 Å². The molecule has 0 spiro atoms. The van der Waals surface area contributed by atoms with Gasteiger partial charge < -0.3 is 19.3 Å². The van der Waals surface area contributed by atoms with Crippen LogP contribution in [0.15, 0.2) is 47.7 Å². The number of benzene rings is 2. The summed E-state index contributed by atoms with van der Waals surface area (Å²) in [5.41, 5.74) is 1.70. The molecule has 17 nitrogen and oxygen atoms in total. The van der Waals surface area contributed by atoms with Gasteiger partial charge in [-0.3, -0.25) is 63.6 Å². The zero-order valence-corrected chi connectivity index (χ0v) is 37.9. The van der Waals surface area contributed by atoms with Crippen LogP contribution in [0.5, 0.6) is 11.5 Å². The van der Waals surface area contributed by atoms with Crippen LogP contribution in [-0.2, 0) is 33.4 Å². The van der Waals surface area contributed by atoms with Crippen molar-refractivity contribution in [3.63, 3.8) is 0 Å². The number of hydrogen-bond acceptors (Lipinski definition) is 14. The molecule has 2 saturated heterocycles. The smallest absolute Gasteiger partial charge is 0.262 e. The van der Waals surface area contributed by atoms with E-state index in [4.69, 9.17) is 14.2 Å². The molecule has 2 aromatic rings. The molecule has 0 radical (unpaired) electrons. The van der Waals surface area contributed by atoms with E-state index in [9.17, 15) is 48.3 Å². The quantitative estimate of drug-likeness (QED) is 0.179. The minimum Gasteiger partial charge on any atom is -0.508 e. The Balaban J connectivity index is 0.000000238. The number of amides is 8. The summed E-state index contributed by atoms with van der Waals surface area (Å²) in [6.07, 6.45) is 0.926. The van der Waals surface area contributed by atoms with Crippen LogP contribution < -0.4 is 15.4 Å². The number of imide groups is 4. The highest BCUT2D eigenvalue weighted by atomic mass is 79.9. The van der Waals surface area contributed by atoms with Gasteiger partial charge >= 0.3 is 0 Å². The number of piperidine rings is 2. The Morgan fingerprint density at radius 3 is 1.59 bits per heavy atom. The number of phenols is 1. The lowest BCUT2D eigenvalue weighted by Crippen LogP contribution is -2.54. The molecule has 4 heterocycles. The molecule has 0 aliphatic carbocycles. The summed E-state index contributed by atoms with van der Waals surface area (Å²) >= 11 is 3.33. The average molecular weight is 932 g/mol. The van der Waals surface area contributed by atoms with E-state index in [-0.39, 0.29) is 77.2 Å². The molecule has 2 aromatic carbocycles. The fraction of sp³-hybridized carbons (Fsp3) is 0.452. The number of ether oxygens (including phenoxy) is 3. The SMILES string of the molecule is CC(C)=C(CSBr)OC(C)(C)C.COC(C)(C)C.O=C1CCC(N2C(=O)c3ccc(O)cc3C2=O)C(=O)N1.O=CCOc1ccc2c(c1)C(=O)N(C1CCC(=O)NC1=O)C2=O. The van der Waals surface area contributed by atoms with Gasteiger partial charge in [0.15, 0.2) is 6.29 Å². The van der Waals surface area contributed by atoms with Crippen LogP contribution in [0, 0.1) is 0 Å². The minimum atomic E-state index is -1.00. The van der Waals surface area contributed by atoms with Crippen molar-refractivity contribution in [1.82, 2.24) is 20.4 Å². The Hall–Kier alpha value is -5.40. The summed E-state index contributed by atoms with van der Waals surface area (Å²) in [5, 5.41) is 13.6. The Morgan fingerprint density at radius 1 is 0.754 bits per heavy atom. The van der Waals surface area contributed by atoms with E-state index in [1.165, 1.54) is 42.0 Å². The third-order valence-corrected chi connectivity index (χ3v) is 10.00. The van der Waals surface area contributed by atoms with Crippen LogP contribution >= 0.6 is 25.0 Å². The first-order chi connectivity index (χ1) is 28.4. The predicted molar refractivity (Wildman–Crippen MR) is 227 cm³/mol. The number of hydrogen-bond donors (Lipinski definition) is 3. The number of methoxy groups -OCH3 is 1. The van der Waals surface area contributed by atoms with E-state index in [2.05, 4.69) is 60.1 Å². The normalized spacial score (nSPS) is 18.3. The van der Waals surface area contributed by atoms with Crippen molar-refractivity contribution in [3.05, 3.63) is 70.0 Å². The number of carbonyl (C=O) groups excluding carboxylic acids is 9. The van der Waals surface area contributed by atoms with E-state index in [0.29, 0.717) is 6.29 Å². The molecule has 0 bridgehead atoms. The maximum atomic E-state index is 12.5. The Kier molecular flexibility index (Phi) is 17.5. The molecule has 2 atom stereocenters. The van der Waals surface area contributed by atoms with Crippen molar-refractivity contribution >= 4 is 78.6 Å². The van der Waals surface area contributed by atoms with Gasteiger partial charge in [0.1, 0.15) is 41.5 Å². The van der Waals surface area contributed by atoms with Crippen LogP contribution in [-0.4, -0.2) is 111 Å². The molecular formula is C42H51BrN4O13S. The summed E-state index contributed by atoms with van der Waals surface area (Å²) in [4.78, 5) is 107. The van der Waals surface area contributed by atoms with Gasteiger partial charge in [-0.15, -0.1) is 0 Å². The highest BCUT2D eigenvalue weighted by Crippen LogP contribution is 2.31. The molecule has 6 rings (SSSR count). The molecule has 0 saturated carbocycles. The van der Waals surface area contributed by atoms with Crippen molar-refractivity contribution in [2.24, 2.45) is 0 Å². The van der Waals surface area contributed by atoms with Gasteiger partial charge in [-0.05, 0) is 125 Å². The largest absolute Gasteiger partial charge is 0.508 e. The molecule has 2 unspecified atom stereocenters. The van der Waals surface area contributed by atoms with E-state index in [1.807, 2.05) is 20.8 Å². The molecule has 4 aliphatic heterocycles. The number of allylic oxidation sites excluding steroid dienone is 1. The summed E-state index contributed by atoms with van der Waals surface area (Å²) < 4.78 is 15.8. The van der Waals surface area contributed by atoms with Crippen molar-refractivity contribution < 1.29 is 62.5 Å². The lowest BCUT2D eigenvalue weighted by molar-refractivity contribution is -0.137. The Bertz CT molecular complexity index is 2100. The molecule has 61 heavy (non-hydrogen) atoms. The highest BCUT2D eigenvalue weighted by molar-refractivity contribution is 9.50. The number of aromatic hydroxyl groups is 1. The van der Waals surface area contributed by atoms with E-state index in [1.54, 1.807) is 17.3 Å². The molecule has 4 aliphatic rings. The number of halogens is 1. The van der Waals surface area contributed by atoms with Crippen LogP contribution in [0.3, 0.4) is 0 Å². The maximum Gasteiger partial charge on any atom is 0.262 e. The third kappa shape index (κ3) is 13.5. The summed E-state index contributed by atoms with van der Waals surface area (Å²) in [5.74, 6) is -2.45. The van der Waals surface area contributed by atoms with E-state index < -0.39 is 59.3 Å². The van der Waals surface area contributed by atoms with Crippen LogP contribution in [0.25, 0.3) is 0 Å². The number of nitrogens with zero attached hydrogens (tertiary/aromatic N) is 2. The number of fused-ring (bicyclic) bond motifs is 2. The van der Waals surface area contributed by atoms with Gasteiger partial charge in [-0.2, -0.15) is 0 Å². The van der Waals surface area contributed by atoms with Crippen molar-refractivity contribution in [2.45, 2.75) is 104 Å². The molecule has 19 heteroatoms. The lowest BCUT2D eigenvalue weighted by Gasteiger charge is -2.27. The molecule has 8 amide bonds. The highest BCUT2D eigenvalue weighted by Gasteiger charge is 2.46. The second kappa shape index (κ2) is 21.4. The van der Waals surface area contributed by atoms with Gasteiger partial charge in [-0.1, -0.05) is 10.2 Å². The second-order valence-corrected chi connectivity index (χ2v) is 17.9. The number of carbonyl (C=O) groups is 9. The molecule has 2 fully saturated rings. The molecular weight excluding hydrogens is 880 g/mol. The summed E-state index contributed by atoms with van der Waals surface area (Å²) in [6.45, 7) is 16.2. The van der Waals surface area contributed by atoms with Crippen molar-refractivity contribution in [2.75, 3.05) is 19.5 Å². The van der Waals surface area contributed by atoms with Gasteiger partial charge in [0.05, 0.1) is 33.6 Å². The van der Waals surface area contributed by atoms with Gasteiger partial charge in [0.2, 0.25) is 23.6 Å². The van der Waals surface area contributed by atoms with Gasteiger partial charge in [0.25, 0.3) is 23.6 Å². The van der Waals surface area contributed by atoms with E-state index >= 15 is 0 Å². The molecule has 330 valence electrons. The third-order valence-electron chi connectivity index (χ3n) is 8.94. The minimum absolute atomic E-state index is 0.0417. The van der Waals surface area contributed by atoms with Crippen LogP contribution in [0.4, 0.5) is 0 Å². The van der Waals surface area contributed by atoms with Gasteiger partial charge in [0, 0.05) is 20.0 Å². The lowest BCUT2D eigenvalue weighted by atomic mass is 10.0. The summed E-state index contributed by atoms with van der Waals surface area (Å²) in [6, 6.07) is 6.12. The number of rotatable bonds is 8. The van der Waals surface area contributed by atoms with Crippen molar-refractivity contribution in [1.29, 1.82) is 0 Å². The predicted octanol–water partition coefficient (Wildman–Crippen LogP) is 5.03. The number of phenolic OH excluding ortho intramolecular Hbond substituents is 1. The Morgan fingerprint density at radius 2 is 1.20 bits per heavy atom. The standard InChI is InChI=1S/C15H12N2O6.C13H10N2O5.C9H17BrOS.C5H12O/c18-5-6-23-8-1-2-9-10(7-8)15(22)17(14(9)21)11-3-4-12(19)16-13(11)20;16-6-1-2-7-8(5-6)13(20)15(12(7)19)9-3-4-10(17)14-11(9)18;1-7(2)8(6-12-10)11-9(3,4)5;1-5(2,3)6-4/h1-2,5,7,11H,3-4,6H2,(H,16,19,20);1-2,5,9,16H,3-4H2,(H,14,17,18);6H2,1-5H3;1-4H3. The fourth-order valence-electron chi connectivity index (χ4n) is 5.82. The zero-order chi connectivity index (χ0) is 46.0. The van der Waals surface area contributed by atoms with Gasteiger partial charge in [-0.25, -0.2) is 0 Å². The second-order valence-electron chi connectivity index (χ2n) is 16.0. The zero-order valence-electron chi connectivity index (χ0n) is 35.5. The fourth-order valence-corrected chi connectivity index (χ4v) is 6.89. The first kappa shape index (κ1) is 50.0. The van der Waals surface area contributed by atoms with Crippen LogP contribution in [0.1, 0.15) is 123 Å². The average Bonchev–Trinajstić information content (AvgIpc) is 3.56. The maximum absolute atomic E-state index is 12.5.